The minimum atomic E-state index is -3.07. The fourth-order valence-electron chi connectivity index (χ4n) is 0.302. The Kier molecular flexibility index (Phi) is 2.88. The number of ether oxygens (including phenoxy) is 1. The van der Waals surface area contributed by atoms with Gasteiger partial charge in [0.05, 0.1) is 0 Å². The summed E-state index contributed by atoms with van der Waals surface area (Å²) in [6.45, 7) is 1.18. The number of carboxylic acid groups (broad SMARTS) is 1. The topological polar surface area (TPSA) is 63.6 Å². The van der Waals surface area contributed by atoms with Gasteiger partial charge in [0.25, 0.3) is 0 Å². The minimum Gasteiger partial charge on any atom is -0.476 e. The zero-order valence-electron chi connectivity index (χ0n) is 5.33. The van der Waals surface area contributed by atoms with E-state index in [1.165, 1.54) is 13.8 Å². The van der Waals surface area contributed by atoms with Gasteiger partial charge in [-0.25, -0.2) is 4.79 Å². The van der Waals surface area contributed by atoms with Gasteiger partial charge in [0.15, 0.2) is 0 Å². The lowest BCUT2D eigenvalue weighted by molar-refractivity contribution is 0.213. The predicted octanol–water partition coefficient (Wildman–Crippen LogP) is 1.26. The number of hydrogen-bond donors (Lipinski definition) is 1. The second kappa shape index (κ2) is 2.99. The lowest BCUT2D eigenvalue weighted by Crippen LogP contribution is -1.99. The summed E-state index contributed by atoms with van der Waals surface area (Å²) in [4.78, 5) is 10.1. The monoisotopic (exact) mass is 152 g/mol. The van der Waals surface area contributed by atoms with Gasteiger partial charge in [-0.15, -0.1) is 0 Å². The quantitative estimate of drug-likeness (QED) is 0.618. The van der Waals surface area contributed by atoms with Gasteiger partial charge in [-0.2, -0.15) is 0 Å². The molecule has 0 saturated carbocycles. The summed E-state index contributed by atoms with van der Waals surface area (Å²) >= 11 is 0. The Morgan fingerprint density at radius 1 is 1.78 bits per heavy atom. The van der Waals surface area contributed by atoms with Crippen LogP contribution < -0.4 is 0 Å². The molecule has 0 aliphatic rings. The van der Waals surface area contributed by atoms with Crippen LogP contribution in [0.5, 0.6) is 0 Å². The molecular weight excluding hydrogens is 143 g/mol. The highest BCUT2D eigenvalue weighted by Gasteiger charge is 2.24. The Bertz CT molecular complexity index is 153. The molecule has 0 aromatic heterocycles. The molecule has 54 valence electrons. The molecule has 0 fully saturated rings. The normalized spacial score (nSPS) is 16.7. The highest BCUT2D eigenvalue weighted by Crippen LogP contribution is 2.40. The van der Waals surface area contributed by atoms with Crippen molar-refractivity contribution < 1.29 is 19.2 Å². The van der Waals surface area contributed by atoms with Gasteiger partial charge in [-0.05, 0) is 0 Å². The number of hydrogen-bond acceptors (Lipinski definition) is 3. The molecule has 1 atom stereocenters. The van der Waals surface area contributed by atoms with E-state index in [1.807, 2.05) is 0 Å². The summed E-state index contributed by atoms with van der Waals surface area (Å²) in [5.41, 5.74) is -1.27. The Hall–Kier alpha value is -0.340. The summed E-state index contributed by atoms with van der Waals surface area (Å²) in [6, 6.07) is 0. The number of rotatable bonds is 3. The third kappa shape index (κ3) is 2.63. The van der Waals surface area contributed by atoms with Crippen LogP contribution in [-0.2, 0) is 9.30 Å². The second-order valence-electron chi connectivity index (χ2n) is 1.80. The average molecular weight is 152 g/mol. The summed E-state index contributed by atoms with van der Waals surface area (Å²) < 4.78 is 15.2. The fraction of sp³-hybridized carbons (Fsp3) is 0.750. The molecule has 5 heteroatoms. The van der Waals surface area contributed by atoms with E-state index in [9.17, 15) is 9.36 Å². The zero-order chi connectivity index (χ0) is 7.49. The van der Waals surface area contributed by atoms with Crippen molar-refractivity contribution in [2.75, 3.05) is 20.1 Å². The zero-order valence-corrected chi connectivity index (χ0v) is 6.22. The molecule has 0 bridgehead atoms. The van der Waals surface area contributed by atoms with Crippen molar-refractivity contribution in [1.29, 1.82) is 0 Å². The summed E-state index contributed by atoms with van der Waals surface area (Å²) in [7, 11) is -1.75. The minimum absolute atomic E-state index is 0.192. The molecule has 9 heavy (non-hydrogen) atoms. The first-order chi connectivity index (χ1) is 4.00. The molecule has 0 aliphatic heterocycles. The lowest BCUT2D eigenvalue weighted by atomic mass is 11.5. The van der Waals surface area contributed by atoms with Crippen molar-refractivity contribution in [1.82, 2.24) is 0 Å². The molecule has 4 nitrogen and oxygen atoms in total. The van der Waals surface area contributed by atoms with Gasteiger partial charge in [-0.3, -0.25) is 0 Å². The third-order valence-corrected chi connectivity index (χ3v) is 2.34. The van der Waals surface area contributed by atoms with Crippen LogP contribution in [0.2, 0.25) is 0 Å². The SMILES string of the molecule is COCP(C)(=O)C(=O)O. The molecule has 0 aromatic carbocycles. The molecule has 0 amide bonds. The van der Waals surface area contributed by atoms with E-state index in [0.717, 1.165) is 0 Å². The summed E-state index contributed by atoms with van der Waals surface area (Å²) in [5, 5.41) is 8.23. The van der Waals surface area contributed by atoms with Crippen LogP contribution in [-0.4, -0.2) is 30.9 Å². The van der Waals surface area contributed by atoms with Gasteiger partial charge >= 0.3 is 5.71 Å². The molecule has 0 aromatic rings. The molecule has 0 saturated heterocycles. The van der Waals surface area contributed by atoms with Crippen molar-refractivity contribution in [3.63, 3.8) is 0 Å². The van der Waals surface area contributed by atoms with Crippen LogP contribution in [0.1, 0.15) is 0 Å². The van der Waals surface area contributed by atoms with Gasteiger partial charge < -0.3 is 14.4 Å². The largest absolute Gasteiger partial charge is 0.476 e. The van der Waals surface area contributed by atoms with Crippen LogP contribution in [0.15, 0.2) is 0 Å². The molecule has 0 rings (SSSR count). The third-order valence-electron chi connectivity index (χ3n) is 0.780. The molecule has 1 unspecified atom stereocenters. The lowest BCUT2D eigenvalue weighted by Gasteiger charge is -2.03. The first-order valence-electron chi connectivity index (χ1n) is 2.29. The van der Waals surface area contributed by atoms with Crippen molar-refractivity contribution in [3.8, 4) is 0 Å². The predicted molar refractivity (Wildman–Crippen MR) is 33.4 cm³/mol. The van der Waals surface area contributed by atoms with E-state index in [-0.39, 0.29) is 6.35 Å². The number of carbonyl (C=O) groups is 1. The standard InChI is InChI=1S/C4H9O4P/c1-8-3-9(2,7)4(5)6/h3H2,1-2H3,(H,5,6). The van der Waals surface area contributed by atoms with Crippen LogP contribution in [0.4, 0.5) is 4.79 Å². The van der Waals surface area contributed by atoms with E-state index in [4.69, 9.17) is 5.11 Å². The Balaban J connectivity index is 4.04. The Morgan fingerprint density at radius 3 is 2.33 bits per heavy atom. The van der Waals surface area contributed by atoms with Gasteiger partial charge in [-0.1, -0.05) is 0 Å². The fourth-order valence-corrected chi connectivity index (χ4v) is 0.905. The molecular formula is C4H9O4P. The van der Waals surface area contributed by atoms with Crippen LogP contribution in [0.3, 0.4) is 0 Å². The van der Waals surface area contributed by atoms with Crippen molar-refractivity contribution in [3.05, 3.63) is 0 Å². The van der Waals surface area contributed by atoms with E-state index < -0.39 is 12.9 Å². The van der Waals surface area contributed by atoms with E-state index in [0.29, 0.717) is 0 Å². The van der Waals surface area contributed by atoms with Crippen molar-refractivity contribution in [2.45, 2.75) is 0 Å². The molecule has 1 N–H and O–H groups in total. The van der Waals surface area contributed by atoms with Crippen molar-refractivity contribution >= 4 is 12.9 Å². The van der Waals surface area contributed by atoms with E-state index in [2.05, 4.69) is 4.74 Å². The van der Waals surface area contributed by atoms with Crippen LogP contribution >= 0.6 is 7.14 Å². The second-order valence-corrected chi connectivity index (χ2v) is 4.64. The maximum atomic E-state index is 10.8. The van der Waals surface area contributed by atoms with Gasteiger partial charge in [0, 0.05) is 13.8 Å². The Morgan fingerprint density at radius 2 is 2.22 bits per heavy atom. The maximum Gasteiger partial charge on any atom is 0.363 e. The van der Waals surface area contributed by atoms with E-state index in [1.54, 1.807) is 0 Å². The highest BCUT2D eigenvalue weighted by atomic mass is 31.2. The molecule has 0 heterocycles. The molecule has 0 aliphatic carbocycles. The van der Waals surface area contributed by atoms with Crippen molar-refractivity contribution in [2.24, 2.45) is 0 Å². The van der Waals surface area contributed by atoms with Crippen LogP contribution in [0.25, 0.3) is 0 Å². The smallest absolute Gasteiger partial charge is 0.363 e. The Labute approximate surface area is 53.2 Å². The highest BCUT2D eigenvalue weighted by molar-refractivity contribution is 7.78. The van der Waals surface area contributed by atoms with E-state index >= 15 is 0 Å². The summed E-state index contributed by atoms with van der Waals surface area (Å²) in [5.74, 6) is 0. The van der Waals surface area contributed by atoms with Gasteiger partial charge in [0.1, 0.15) is 6.35 Å². The molecule has 0 spiro atoms. The molecule has 0 radical (unpaired) electrons. The first kappa shape index (κ1) is 8.66. The van der Waals surface area contributed by atoms with Crippen LogP contribution in [0, 0.1) is 0 Å². The number of methoxy groups -OCH3 is 1. The average Bonchev–Trinajstić information content (AvgIpc) is 1.65. The summed E-state index contributed by atoms with van der Waals surface area (Å²) in [6.07, 6.45) is -0.192. The maximum absolute atomic E-state index is 10.8. The van der Waals surface area contributed by atoms with Gasteiger partial charge in [0.2, 0.25) is 7.14 Å². The first-order valence-corrected chi connectivity index (χ1v) is 4.63.